The van der Waals surface area contributed by atoms with Crippen LogP contribution in [0.15, 0.2) is 23.2 Å². The molecular formula is C18H30FIN4. The van der Waals surface area contributed by atoms with E-state index < -0.39 is 0 Å². The number of benzene rings is 1. The first-order chi connectivity index (χ1) is 11.1. The summed E-state index contributed by atoms with van der Waals surface area (Å²) < 4.78 is 13.1. The van der Waals surface area contributed by atoms with Crippen molar-refractivity contribution in [1.29, 1.82) is 0 Å². The number of halogens is 2. The molecule has 24 heavy (non-hydrogen) atoms. The van der Waals surface area contributed by atoms with E-state index in [4.69, 9.17) is 0 Å². The maximum atomic E-state index is 13.1. The zero-order valence-corrected chi connectivity index (χ0v) is 17.3. The number of nitrogens with zero attached hydrogens (tertiary/aromatic N) is 2. The standard InChI is InChI=1S/C18H29FN4.HI/c1-4-23(17-7-8-17)12-11-22-18(20-3)21-10-9-15-5-6-16(19)13-14(15)2;/h5-6,13,17H,4,7-12H2,1-3H3,(H2,20,21,22);1H. The first-order valence-electron chi connectivity index (χ1n) is 8.57. The second-order valence-corrected chi connectivity index (χ2v) is 6.11. The summed E-state index contributed by atoms with van der Waals surface area (Å²) in [5.74, 6) is 0.657. The van der Waals surface area contributed by atoms with E-state index >= 15 is 0 Å². The number of likely N-dealkylation sites (N-methyl/N-ethyl adjacent to an activating group) is 1. The lowest BCUT2D eigenvalue weighted by atomic mass is 10.1. The van der Waals surface area contributed by atoms with Crippen LogP contribution in [0.5, 0.6) is 0 Å². The highest BCUT2D eigenvalue weighted by Gasteiger charge is 2.27. The molecule has 1 aromatic rings. The molecule has 1 aromatic carbocycles. The Morgan fingerprint density at radius 2 is 2.00 bits per heavy atom. The van der Waals surface area contributed by atoms with E-state index in [2.05, 4.69) is 27.4 Å². The fraction of sp³-hybridized carbons (Fsp3) is 0.611. The van der Waals surface area contributed by atoms with E-state index in [1.165, 1.54) is 24.5 Å². The molecule has 1 aliphatic carbocycles. The van der Waals surface area contributed by atoms with Gasteiger partial charge in [0.05, 0.1) is 0 Å². The van der Waals surface area contributed by atoms with Crippen LogP contribution in [0.2, 0.25) is 0 Å². The van der Waals surface area contributed by atoms with E-state index in [0.29, 0.717) is 0 Å². The van der Waals surface area contributed by atoms with Crippen LogP contribution in [0, 0.1) is 12.7 Å². The monoisotopic (exact) mass is 448 g/mol. The van der Waals surface area contributed by atoms with Crippen molar-refractivity contribution in [3.63, 3.8) is 0 Å². The number of hydrogen-bond donors (Lipinski definition) is 2. The summed E-state index contributed by atoms with van der Waals surface area (Å²) in [6, 6.07) is 5.77. The molecule has 0 aromatic heterocycles. The largest absolute Gasteiger partial charge is 0.356 e. The summed E-state index contributed by atoms with van der Waals surface area (Å²) >= 11 is 0. The van der Waals surface area contributed by atoms with Gasteiger partial charge in [-0.15, -0.1) is 24.0 Å². The molecule has 0 unspecified atom stereocenters. The van der Waals surface area contributed by atoms with Gasteiger partial charge >= 0.3 is 0 Å². The van der Waals surface area contributed by atoms with E-state index in [1.807, 2.05) is 13.0 Å². The summed E-state index contributed by atoms with van der Waals surface area (Å²) in [6.07, 6.45) is 3.55. The lowest BCUT2D eigenvalue weighted by Gasteiger charge is -2.20. The van der Waals surface area contributed by atoms with Crippen molar-refractivity contribution in [3.8, 4) is 0 Å². The van der Waals surface area contributed by atoms with Crippen molar-refractivity contribution >= 4 is 29.9 Å². The molecule has 2 N–H and O–H groups in total. The molecule has 0 heterocycles. The Balaban J connectivity index is 0.00000288. The van der Waals surface area contributed by atoms with Crippen LogP contribution in [0.1, 0.15) is 30.9 Å². The molecule has 0 spiro atoms. The Bertz CT molecular complexity index is 532. The molecule has 1 saturated carbocycles. The zero-order chi connectivity index (χ0) is 16.7. The second-order valence-electron chi connectivity index (χ2n) is 6.11. The highest BCUT2D eigenvalue weighted by Crippen LogP contribution is 2.25. The number of rotatable bonds is 8. The summed E-state index contributed by atoms with van der Waals surface area (Å²) in [6.45, 7) is 8.02. The summed E-state index contributed by atoms with van der Waals surface area (Å²) in [5, 5.41) is 6.69. The molecule has 0 aliphatic heterocycles. The first kappa shape index (κ1) is 21.2. The van der Waals surface area contributed by atoms with Crippen molar-refractivity contribution in [1.82, 2.24) is 15.5 Å². The fourth-order valence-electron chi connectivity index (χ4n) is 2.83. The summed E-state index contributed by atoms with van der Waals surface area (Å²) in [4.78, 5) is 6.77. The van der Waals surface area contributed by atoms with Crippen molar-refractivity contribution in [3.05, 3.63) is 35.1 Å². The summed E-state index contributed by atoms with van der Waals surface area (Å²) in [7, 11) is 1.79. The SMILES string of the molecule is CCN(CCNC(=NC)NCCc1ccc(F)cc1C)C1CC1.I. The van der Waals surface area contributed by atoms with Gasteiger partial charge in [0.15, 0.2) is 5.96 Å². The van der Waals surface area contributed by atoms with Crippen molar-refractivity contribution in [2.24, 2.45) is 4.99 Å². The van der Waals surface area contributed by atoms with Gasteiger partial charge < -0.3 is 10.6 Å². The number of nitrogens with one attached hydrogen (secondary N) is 2. The Hall–Kier alpha value is -0.890. The van der Waals surface area contributed by atoms with Crippen LogP contribution in [0.4, 0.5) is 4.39 Å². The van der Waals surface area contributed by atoms with Gasteiger partial charge in [-0.2, -0.15) is 0 Å². The molecule has 0 radical (unpaired) electrons. The molecule has 2 rings (SSSR count). The minimum atomic E-state index is -0.173. The van der Waals surface area contributed by atoms with Crippen LogP contribution >= 0.6 is 24.0 Å². The molecule has 0 atom stereocenters. The molecule has 0 saturated heterocycles. The predicted molar refractivity (Wildman–Crippen MR) is 110 cm³/mol. The van der Waals surface area contributed by atoms with Gasteiger partial charge in [-0.05, 0) is 56.0 Å². The Morgan fingerprint density at radius 1 is 1.29 bits per heavy atom. The number of aliphatic imine (C=N–C) groups is 1. The zero-order valence-electron chi connectivity index (χ0n) is 14.9. The van der Waals surface area contributed by atoms with E-state index in [9.17, 15) is 4.39 Å². The van der Waals surface area contributed by atoms with Crippen LogP contribution < -0.4 is 10.6 Å². The minimum absolute atomic E-state index is 0. The van der Waals surface area contributed by atoms with Crippen LogP contribution in [0.25, 0.3) is 0 Å². The fourth-order valence-corrected chi connectivity index (χ4v) is 2.83. The third-order valence-corrected chi connectivity index (χ3v) is 4.38. The lowest BCUT2D eigenvalue weighted by molar-refractivity contribution is 0.282. The number of guanidine groups is 1. The predicted octanol–water partition coefficient (Wildman–Crippen LogP) is 2.94. The van der Waals surface area contributed by atoms with Gasteiger partial charge in [-0.3, -0.25) is 9.89 Å². The molecule has 6 heteroatoms. The van der Waals surface area contributed by atoms with Crippen LogP contribution in [-0.4, -0.2) is 50.1 Å². The van der Waals surface area contributed by atoms with Crippen molar-refractivity contribution in [2.75, 3.05) is 33.2 Å². The average molecular weight is 448 g/mol. The quantitative estimate of drug-likeness (QED) is 0.365. The molecule has 1 aliphatic rings. The highest BCUT2D eigenvalue weighted by molar-refractivity contribution is 14.0. The molecule has 1 fully saturated rings. The third kappa shape index (κ3) is 6.93. The lowest BCUT2D eigenvalue weighted by Crippen LogP contribution is -2.42. The molecule has 136 valence electrons. The topological polar surface area (TPSA) is 39.7 Å². The van der Waals surface area contributed by atoms with Gasteiger partial charge in [0, 0.05) is 32.7 Å². The van der Waals surface area contributed by atoms with Gasteiger partial charge in [-0.25, -0.2) is 4.39 Å². The highest BCUT2D eigenvalue weighted by atomic mass is 127. The average Bonchev–Trinajstić information content (AvgIpc) is 3.36. The number of aryl methyl sites for hydroxylation is 1. The van der Waals surface area contributed by atoms with Crippen LogP contribution in [0.3, 0.4) is 0 Å². The maximum absolute atomic E-state index is 13.1. The van der Waals surface area contributed by atoms with Gasteiger partial charge in [0.1, 0.15) is 5.82 Å². The Morgan fingerprint density at radius 3 is 2.58 bits per heavy atom. The van der Waals surface area contributed by atoms with Gasteiger partial charge in [0.25, 0.3) is 0 Å². The smallest absolute Gasteiger partial charge is 0.191 e. The molecule has 0 bridgehead atoms. The summed E-state index contributed by atoms with van der Waals surface area (Å²) in [5.41, 5.74) is 2.16. The Kier molecular flexibility index (Phi) is 9.58. The van der Waals surface area contributed by atoms with Crippen molar-refractivity contribution in [2.45, 2.75) is 39.2 Å². The Labute approximate surface area is 162 Å². The minimum Gasteiger partial charge on any atom is -0.356 e. The number of hydrogen-bond acceptors (Lipinski definition) is 2. The first-order valence-corrected chi connectivity index (χ1v) is 8.57. The molecule has 0 amide bonds. The second kappa shape index (κ2) is 10.9. The van der Waals surface area contributed by atoms with Gasteiger partial charge in [-0.1, -0.05) is 13.0 Å². The molecular weight excluding hydrogens is 418 g/mol. The van der Waals surface area contributed by atoms with E-state index in [0.717, 1.165) is 50.2 Å². The normalized spacial score (nSPS) is 14.5. The van der Waals surface area contributed by atoms with Crippen molar-refractivity contribution < 1.29 is 4.39 Å². The van der Waals surface area contributed by atoms with E-state index in [1.54, 1.807) is 13.1 Å². The maximum Gasteiger partial charge on any atom is 0.191 e. The van der Waals surface area contributed by atoms with Gasteiger partial charge in [0.2, 0.25) is 0 Å². The third-order valence-electron chi connectivity index (χ3n) is 4.38. The molecule has 4 nitrogen and oxygen atoms in total. The van der Waals surface area contributed by atoms with E-state index in [-0.39, 0.29) is 29.8 Å². The van der Waals surface area contributed by atoms with Crippen LogP contribution in [-0.2, 0) is 6.42 Å².